The Morgan fingerprint density at radius 1 is 1.28 bits per heavy atom. The van der Waals surface area contributed by atoms with Crippen LogP contribution in [0.3, 0.4) is 0 Å². The van der Waals surface area contributed by atoms with Crippen LogP contribution in [0.1, 0.15) is 43.5 Å². The van der Waals surface area contributed by atoms with Gasteiger partial charge in [0.15, 0.2) is 0 Å². The lowest BCUT2D eigenvalue weighted by molar-refractivity contribution is -0.153. The molecule has 2 aliphatic rings. The molecule has 2 N–H and O–H groups in total. The highest BCUT2D eigenvalue weighted by Crippen LogP contribution is 2.32. The highest BCUT2D eigenvalue weighted by Gasteiger charge is 2.41. The highest BCUT2D eigenvalue weighted by molar-refractivity contribution is 6.02. The van der Waals surface area contributed by atoms with E-state index in [1.165, 1.54) is 0 Å². The predicted octanol–water partition coefficient (Wildman–Crippen LogP) is 1.50. The van der Waals surface area contributed by atoms with Gasteiger partial charge >= 0.3 is 5.97 Å². The lowest BCUT2D eigenvalue weighted by atomic mass is 9.95. The van der Waals surface area contributed by atoms with Gasteiger partial charge in [0.25, 0.3) is 5.91 Å². The number of likely N-dealkylation sites (tertiary alicyclic amines) is 1. The van der Waals surface area contributed by atoms with Crippen LogP contribution in [-0.2, 0) is 14.3 Å². The van der Waals surface area contributed by atoms with Gasteiger partial charge in [0.05, 0.1) is 12.2 Å². The zero-order valence-electron chi connectivity index (χ0n) is 14.5. The van der Waals surface area contributed by atoms with Crippen molar-refractivity contribution in [2.24, 2.45) is 0 Å². The van der Waals surface area contributed by atoms with E-state index in [0.29, 0.717) is 24.9 Å². The maximum Gasteiger partial charge on any atom is 0.328 e. The first-order chi connectivity index (χ1) is 12.0. The second-order valence-corrected chi connectivity index (χ2v) is 6.47. The standard InChI is InChI=1S/C18H23N3O4/c1-3-25-17(24)12(2)21-11-10-18(9-8-15(21)22)19-14-7-5-4-6-13(14)16(23)20-18/h4-7,12,19H,3,8-11H2,1-2H3,(H,20,23). The third-order valence-electron chi connectivity index (χ3n) is 4.86. The normalized spacial score (nSPS) is 24.0. The summed E-state index contributed by atoms with van der Waals surface area (Å²) >= 11 is 0. The van der Waals surface area contributed by atoms with Gasteiger partial charge < -0.3 is 20.3 Å². The smallest absolute Gasteiger partial charge is 0.328 e. The molecule has 0 aliphatic carbocycles. The molecule has 1 fully saturated rings. The van der Waals surface area contributed by atoms with Crippen molar-refractivity contribution in [3.63, 3.8) is 0 Å². The van der Waals surface area contributed by atoms with Crippen molar-refractivity contribution in [1.29, 1.82) is 0 Å². The Morgan fingerprint density at radius 2 is 2.04 bits per heavy atom. The van der Waals surface area contributed by atoms with Gasteiger partial charge in [-0.25, -0.2) is 4.79 Å². The average molecular weight is 345 g/mol. The molecule has 2 atom stereocenters. The van der Waals surface area contributed by atoms with Gasteiger partial charge in [-0.05, 0) is 32.4 Å². The minimum atomic E-state index is -0.676. The van der Waals surface area contributed by atoms with Crippen LogP contribution in [0.25, 0.3) is 0 Å². The molecule has 0 bridgehead atoms. The molecule has 25 heavy (non-hydrogen) atoms. The number of esters is 1. The molecule has 1 aromatic carbocycles. The molecule has 0 radical (unpaired) electrons. The Labute approximate surface area is 146 Å². The van der Waals surface area contributed by atoms with Crippen LogP contribution in [0.4, 0.5) is 5.69 Å². The lowest BCUT2D eigenvalue weighted by Crippen LogP contribution is -2.58. The van der Waals surface area contributed by atoms with Crippen LogP contribution in [0.2, 0.25) is 0 Å². The van der Waals surface area contributed by atoms with Crippen molar-refractivity contribution >= 4 is 23.5 Å². The fourth-order valence-corrected chi connectivity index (χ4v) is 3.44. The molecule has 1 spiro atoms. The number of ether oxygens (including phenoxy) is 1. The van der Waals surface area contributed by atoms with E-state index in [0.717, 1.165) is 5.69 Å². The molecule has 2 unspecified atom stereocenters. The van der Waals surface area contributed by atoms with E-state index in [1.54, 1.807) is 24.8 Å². The van der Waals surface area contributed by atoms with E-state index < -0.39 is 17.7 Å². The first kappa shape index (κ1) is 17.3. The predicted molar refractivity (Wildman–Crippen MR) is 91.9 cm³/mol. The van der Waals surface area contributed by atoms with E-state index in [9.17, 15) is 14.4 Å². The van der Waals surface area contributed by atoms with Gasteiger partial charge in [-0.1, -0.05) is 12.1 Å². The lowest BCUT2D eigenvalue weighted by Gasteiger charge is -2.40. The molecule has 0 saturated carbocycles. The zero-order valence-corrected chi connectivity index (χ0v) is 14.5. The third-order valence-corrected chi connectivity index (χ3v) is 4.86. The number of nitrogens with one attached hydrogen (secondary N) is 2. The number of nitrogens with zero attached hydrogens (tertiary/aromatic N) is 1. The topological polar surface area (TPSA) is 87.7 Å². The van der Waals surface area contributed by atoms with Crippen LogP contribution in [0, 0.1) is 0 Å². The van der Waals surface area contributed by atoms with Crippen LogP contribution in [0.15, 0.2) is 24.3 Å². The maximum absolute atomic E-state index is 12.5. The summed E-state index contributed by atoms with van der Waals surface area (Å²) in [5.74, 6) is -0.654. The Bertz CT molecular complexity index is 705. The minimum absolute atomic E-state index is 0.104. The molecule has 7 nitrogen and oxygen atoms in total. The largest absolute Gasteiger partial charge is 0.464 e. The average Bonchev–Trinajstić information content (AvgIpc) is 2.74. The third kappa shape index (κ3) is 3.31. The van der Waals surface area contributed by atoms with Crippen molar-refractivity contribution < 1.29 is 19.1 Å². The van der Waals surface area contributed by atoms with Gasteiger partial charge in [0, 0.05) is 25.1 Å². The van der Waals surface area contributed by atoms with E-state index in [1.807, 2.05) is 18.2 Å². The molecule has 2 amide bonds. The first-order valence-corrected chi connectivity index (χ1v) is 8.61. The molecule has 7 heteroatoms. The van der Waals surface area contributed by atoms with Gasteiger partial charge in [0.1, 0.15) is 11.7 Å². The van der Waals surface area contributed by atoms with E-state index in [2.05, 4.69) is 10.6 Å². The molecular weight excluding hydrogens is 322 g/mol. The Balaban J connectivity index is 1.78. The number of carbonyl (C=O) groups is 3. The summed E-state index contributed by atoms with van der Waals surface area (Å²) in [4.78, 5) is 38.5. The van der Waals surface area contributed by atoms with Crippen LogP contribution < -0.4 is 10.6 Å². The van der Waals surface area contributed by atoms with Gasteiger partial charge in [-0.3, -0.25) is 9.59 Å². The number of carbonyl (C=O) groups excluding carboxylic acids is 3. The second-order valence-electron chi connectivity index (χ2n) is 6.47. The first-order valence-electron chi connectivity index (χ1n) is 8.61. The van der Waals surface area contributed by atoms with Crippen molar-refractivity contribution in [2.45, 2.75) is 44.8 Å². The van der Waals surface area contributed by atoms with E-state index in [4.69, 9.17) is 4.74 Å². The summed E-state index contributed by atoms with van der Waals surface area (Å²) in [6.07, 6.45) is 1.24. The minimum Gasteiger partial charge on any atom is -0.464 e. The fourth-order valence-electron chi connectivity index (χ4n) is 3.44. The molecule has 1 saturated heterocycles. The van der Waals surface area contributed by atoms with Crippen molar-refractivity contribution in [3.05, 3.63) is 29.8 Å². The molecule has 1 aromatic rings. The second kappa shape index (κ2) is 6.74. The van der Waals surface area contributed by atoms with Gasteiger partial charge in [0.2, 0.25) is 5.91 Å². The molecule has 2 aliphatic heterocycles. The summed E-state index contributed by atoms with van der Waals surface area (Å²) in [6.45, 7) is 4.07. The SMILES string of the molecule is CCOC(=O)C(C)N1CCC2(CCC1=O)NC(=O)c1ccccc1N2. The number of hydrogen-bond acceptors (Lipinski definition) is 5. The Kier molecular flexibility index (Phi) is 4.65. The monoisotopic (exact) mass is 345 g/mol. The van der Waals surface area contributed by atoms with Crippen LogP contribution in [0.5, 0.6) is 0 Å². The molecule has 3 rings (SSSR count). The number of hydrogen-bond donors (Lipinski definition) is 2. The van der Waals surface area contributed by atoms with E-state index in [-0.39, 0.29) is 24.8 Å². The van der Waals surface area contributed by atoms with Crippen molar-refractivity contribution in [1.82, 2.24) is 10.2 Å². The van der Waals surface area contributed by atoms with E-state index >= 15 is 0 Å². The van der Waals surface area contributed by atoms with Crippen molar-refractivity contribution in [3.8, 4) is 0 Å². The fraction of sp³-hybridized carbons (Fsp3) is 0.500. The summed E-state index contributed by atoms with van der Waals surface area (Å²) in [5, 5.41) is 6.41. The molecular formula is C18H23N3O4. The van der Waals surface area contributed by atoms with Gasteiger partial charge in [-0.2, -0.15) is 0 Å². The summed E-state index contributed by atoms with van der Waals surface area (Å²) in [7, 11) is 0. The number of rotatable bonds is 3. The molecule has 134 valence electrons. The Morgan fingerprint density at radius 3 is 2.80 bits per heavy atom. The number of anilines is 1. The number of benzene rings is 1. The number of fused-ring (bicyclic) bond motifs is 1. The summed E-state index contributed by atoms with van der Waals surface area (Å²) in [5.41, 5.74) is 0.690. The van der Waals surface area contributed by atoms with Gasteiger partial charge in [-0.15, -0.1) is 0 Å². The Hall–Kier alpha value is -2.57. The van der Waals surface area contributed by atoms with Crippen molar-refractivity contribution in [2.75, 3.05) is 18.5 Å². The highest BCUT2D eigenvalue weighted by atomic mass is 16.5. The molecule has 0 aromatic heterocycles. The van der Waals surface area contributed by atoms with Crippen LogP contribution in [-0.4, -0.2) is 47.5 Å². The maximum atomic E-state index is 12.5. The molecule has 2 heterocycles. The number of para-hydroxylation sites is 1. The number of amides is 2. The summed E-state index contributed by atoms with van der Waals surface area (Å²) < 4.78 is 5.03. The van der Waals surface area contributed by atoms with Crippen LogP contribution >= 0.6 is 0 Å². The zero-order chi connectivity index (χ0) is 18.0. The summed E-state index contributed by atoms with van der Waals surface area (Å²) in [6, 6.07) is 6.68. The quantitative estimate of drug-likeness (QED) is 0.811.